The standard InChI is InChI=1S/C18H19ClN2O3S/c19-16-9-8-15(20-13-14-6-2-3-7-17(14)22)12-18(16)25(23,24)21-10-4-1-5-11-21/h2-3,6-9,12-13,22H,1,4-5,10-11H2. The molecular formula is C18H19ClN2O3S. The fourth-order valence-corrected chi connectivity index (χ4v) is 4.77. The molecule has 2 aromatic carbocycles. The highest BCUT2D eigenvalue weighted by Crippen LogP contribution is 2.30. The van der Waals surface area contributed by atoms with Crippen LogP contribution in [-0.4, -0.2) is 37.1 Å². The lowest BCUT2D eigenvalue weighted by molar-refractivity contribution is 0.346. The maximum absolute atomic E-state index is 12.8. The quantitative estimate of drug-likeness (QED) is 0.818. The van der Waals surface area contributed by atoms with Crippen LogP contribution in [0.5, 0.6) is 5.75 Å². The summed E-state index contributed by atoms with van der Waals surface area (Å²) in [5.41, 5.74) is 1.01. The molecule has 0 amide bonds. The van der Waals surface area contributed by atoms with Gasteiger partial charge in [-0.15, -0.1) is 0 Å². The molecule has 1 aliphatic heterocycles. The van der Waals surface area contributed by atoms with E-state index >= 15 is 0 Å². The molecule has 0 atom stereocenters. The molecule has 1 fully saturated rings. The van der Waals surface area contributed by atoms with Crippen molar-refractivity contribution in [2.75, 3.05) is 13.1 Å². The van der Waals surface area contributed by atoms with E-state index in [-0.39, 0.29) is 15.7 Å². The molecule has 3 rings (SSSR count). The number of piperidine rings is 1. The highest BCUT2D eigenvalue weighted by Gasteiger charge is 2.28. The number of aromatic hydroxyl groups is 1. The molecule has 1 N–H and O–H groups in total. The summed E-state index contributed by atoms with van der Waals surface area (Å²) in [6, 6.07) is 11.5. The third kappa shape index (κ3) is 4.03. The van der Waals surface area contributed by atoms with Crippen LogP contribution in [0.2, 0.25) is 5.02 Å². The maximum Gasteiger partial charge on any atom is 0.244 e. The van der Waals surface area contributed by atoms with Crippen LogP contribution in [0.4, 0.5) is 5.69 Å². The summed E-state index contributed by atoms with van der Waals surface area (Å²) < 4.78 is 27.2. The van der Waals surface area contributed by atoms with Crippen LogP contribution in [0.15, 0.2) is 52.4 Å². The van der Waals surface area contributed by atoms with Gasteiger partial charge in [-0.2, -0.15) is 4.31 Å². The minimum absolute atomic E-state index is 0.0722. The van der Waals surface area contributed by atoms with E-state index in [2.05, 4.69) is 4.99 Å². The predicted molar refractivity (Wildman–Crippen MR) is 99.4 cm³/mol. The third-order valence-corrected chi connectivity index (χ3v) is 6.52. The SMILES string of the molecule is O=S(=O)(c1cc(N=Cc2ccccc2O)ccc1Cl)N1CCCCC1. The van der Waals surface area contributed by atoms with Crippen molar-refractivity contribution in [2.45, 2.75) is 24.2 Å². The minimum atomic E-state index is -3.63. The molecule has 0 aromatic heterocycles. The topological polar surface area (TPSA) is 70.0 Å². The summed E-state index contributed by atoms with van der Waals surface area (Å²) in [7, 11) is -3.63. The highest BCUT2D eigenvalue weighted by atomic mass is 35.5. The molecule has 0 bridgehead atoms. The van der Waals surface area contributed by atoms with E-state index in [1.54, 1.807) is 30.3 Å². The van der Waals surface area contributed by atoms with Crippen molar-refractivity contribution in [1.29, 1.82) is 0 Å². The predicted octanol–water partition coefficient (Wildman–Crippen LogP) is 3.97. The number of rotatable bonds is 4. The number of halogens is 1. The number of sulfonamides is 1. The molecule has 1 aliphatic rings. The van der Waals surface area contributed by atoms with E-state index in [4.69, 9.17) is 11.6 Å². The Hall–Kier alpha value is -1.89. The number of hydrogen-bond donors (Lipinski definition) is 1. The van der Waals surface area contributed by atoms with Crippen LogP contribution in [0.1, 0.15) is 24.8 Å². The molecule has 25 heavy (non-hydrogen) atoms. The Morgan fingerprint density at radius 2 is 1.80 bits per heavy atom. The van der Waals surface area contributed by atoms with E-state index in [1.165, 1.54) is 22.7 Å². The smallest absolute Gasteiger partial charge is 0.244 e. The van der Waals surface area contributed by atoms with E-state index < -0.39 is 10.0 Å². The lowest BCUT2D eigenvalue weighted by atomic mass is 10.2. The summed E-state index contributed by atoms with van der Waals surface area (Å²) in [4.78, 5) is 4.34. The zero-order chi connectivity index (χ0) is 17.9. The minimum Gasteiger partial charge on any atom is -0.507 e. The molecule has 0 unspecified atom stereocenters. The summed E-state index contributed by atoms with van der Waals surface area (Å²) in [6.45, 7) is 1.04. The number of aliphatic imine (C=N–C) groups is 1. The van der Waals surface area contributed by atoms with Crippen LogP contribution in [0.25, 0.3) is 0 Å². The Labute approximate surface area is 152 Å². The van der Waals surface area contributed by atoms with Crippen molar-refractivity contribution in [3.8, 4) is 5.75 Å². The lowest BCUT2D eigenvalue weighted by Crippen LogP contribution is -2.35. The summed E-state index contributed by atoms with van der Waals surface area (Å²) in [6.07, 6.45) is 4.27. The number of phenolic OH excluding ortho intramolecular Hbond substituents is 1. The van der Waals surface area contributed by atoms with Gasteiger partial charge in [0.15, 0.2) is 0 Å². The van der Waals surface area contributed by atoms with Gasteiger partial charge in [-0.1, -0.05) is 30.2 Å². The molecule has 2 aromatic rings. The Bertz CT molecular complexity index is 891. The first-order chi connectivity index (χ1) is 12.0. The number of para-hydroxylation sites is 1. The highest BCUT2D eigenvalue weighted by molar-refractivity contribution is 7.89. The van der Waals surface area contributed by atoms with Gasteiger partial charge in [-0.25, -0.2) is 8.42 Å². The third-order valence-electron chi connectivity index (χ3n) is 4.14. The van der Waals surface area contributed by atoms with Crippen LogP contribution in [-0.2, 0) is 10.0 Å². The molecular weight excluding hydrogens is 360 g/mol. The summed E-state index contributed by atoms with van der Waals surface area (Å²) in [5, 5.41) is 9.96. The first kappa shape index (κ1) is 17.9. The van der Waals surface area contributed by atoms with Crippen molar-refractivity contribution in [3.05, 3.63) is 53.1 Å². The first-order valence-corrected chi connectivity index (χ1v) is 9.92. The van der Waals surface area contributed by atoms with Crippen LogP contribution >= 0.6 is 11.6 Å². The second kappa shape index (κ2) is 7.56. The average molecular weight is 379 g/mol. The Morgan fingerprint density at radius 1 is 1.08 bits per heavy atom. The number of phenols is 1. The first-order valence-electron chi connectivity index (χ1n) is 8.10. The van der Waals surface area contributed by atoms with Crippen LogP contribution in [0.3, 0.4) is 0 Å². The van der Waals surface area contributed by atoms with E-state index in [0.717, 1.165) is 19.3 Å². The van der Waals surface area contributed by atoms with Gasteiger partial charge >= 0.3 is 0 Å². The van der Waals surface area contributed by atoms with Crippen LogP contribution < -0.4 is 0 Å². The van der Waals surface area contributed by atoms with Crippen molar-refractivity contribution in [1.82, 2.24) is 4.31 Å². The normalized spacial score (nSPS) is 16.4. The monoisotopic (exact) mass is 378 g/mol. The number of nitrogens with zero attached hydrogens (tertiary/aromatic N) is 2. The largest absolute Gasteiger partial charge is 0.507 e. The Kier molecular flexibility index (Phi) is 5.42. The van der Waals surface area contributed by atoms with E-state index in [0.29, 0.717) is 24.3 Å². The van der Waals surface area contributed by atoms with E-state index in [1.807, 2.05) is 0 Å². The molecule has 1 saturated heterocycles. The van der Waals surface area contributed by atoms with Crippen molar-refractivity contribution >= 4 is 33.5 Å². The average Bonchev–Trinajstić information content (AvgIpc) is 2.63. The molecule has 1 heterocycles. The fraction of sp³-hybridized carbons (Fsp3) is 0.278. The molecule has 132 valence electrons. The van der Waals surface area contributed by atoms with Gasteiger partial charge in [0.2, 0.25) is 10.0 Å². The van der Waals surface area contributed by atoms with Gasteiger partial charge in [0.05, 0.1) is 10.7 Å². The van der Waals surface area contributed by atoms with E-state index in [9.17, 15) is 13.5 Å². The summed E-state index contributed by atoms with van der Waals surface area (Å²) in [5.74, 6) is 0.112. The Balaban J connectivity index is 1.92. The second-order valence-corrected chi connectivity index (χ2v) is 8.21. The van der Waals surface area contributed by atoms with Crippen molar-refractivity contribution < 1.29 is 13.5 Å². The zero-order valence-electron chi connectivity index (χ0n) is 13.6. The molecule has 0 saturated carbocycles. The van der Waals surface area contributed by atoms with Crippen molar-refractivity contribution in [2.24, 2.45) is 4.99 Å². The lowest BCUT2D eigenvalue weighted by Gasteiger charge is -2.26. The number of benzene rings is 2. The van der Waals surface area contributed by atoms with Gasteiger partial charge in [-0.05, 0) is 43.2 Å². The second-order valence-electron chi connectivity index (χ2n) is 5.90. The molecule has 0 aliphatic carbocycles. The maximum atomic E-state index is 12.8. The van der Waals surface area contributed by atoms with Crippen LogP contribution in [0, 0.1) is 0 Å². The van der Waals surface area contributed by atoms with Crippen molar-refractivity contribution in [3.63, 3.8) is 0 Å². The Morgan fingerprint density at radius 3 is 2.52 bits per heavy atom. The van der Waals surface area contributed by atoms with Gasteiger partial charge in [0, 0.05) is 24.9 Å². The molecule has 5 nitrogen and oxygen atoms in total. The number of hydrogen-bond acceptors (Lipinski definition) is 4. The molecule has 7 heteroatoms. The van der Waals surface area contributed by atoms with Gasteiger partial charge in [-0.3, -0.25) is 4.99 Å². The fourth-order valence-electron chi connectivity index (χ4n) is 2.76. The van der Waals surface area contributed by atoms with Gasteiger partial charge in [0.1, 0.15) is 10.6 Å². The zero-order valence-corrected chi connectivity index (χ0v) is 15.2. The summed E-state index contributed by atoms with van der Waals surface area (Å²) >= 11 is 6.14. The molecule has 0 spiro atoms. The van der Waals surface area contributed by atoms with Gasteiger partial charge < -0.3 is 5.11 Å². The van der Waals surface area contributed by atoms with Gasteiger partial charge in [0.25, 0.3) is 0 Å². The molecule has 0 radical (unpaired) electrons.